The van der Waals surface area contributed by atoms with Crippen LogP contribution in [0.2, 0.25) is 0 Å². The summed E-state index contributed by atoms with van der Waals surface area (Å²) in [6.45, 7) is 9.12. The summed E-state index contributed by atoms with van der Waals surface area (Å²) >= 11 is 0. The highest BCUT2D eigenvalue weighted by atomic mass is 16.3. The largest absolute Gasteiger partial charge is 0.395 e. The van der Waals surface area contributed by atoms with E-state index in [0.29, 0.717) is 11.5 Å². The van der Waals surface area contributed by atoms with Crippen LogP contribution in [0.15, 0.2) is 30.3 Å². The van der Waals surface area contributed by atoms with Crippen LogP contribution in [0.5, 0.6) is 0 Å². The maximum atomic E-state index is 9.38. The van der Waals surface area contributed by atoms with Crippen molar-refractivity contribution in [3.05, 3.63) is 35.9 Å². The third kappa shape index (κ3) is 4.82. The van der Waals surface area contributed by atoms with E-state index in [2.05, 4.69) is 56.0 Å². The molecule has 118 valence electrons. The highest BCUT2D eigenvalue weighted by Gasteiger charge is 2.31. The van der Waals surface area contributed by atoms with Gasteiger partial charge in [0.1, 0.15) is 0 Å². The molecule has 2 rings (SSSR count). The first-order valence-corrected chi connectivity index (χ1v) is 8.39. The molecule has 0 amide bonds. The standard InChI is InChI=1S/C19H31NO/c1-19(2,3)17-9-11-18(12-10-17)20(13-14-21)15-16-7-5-4-6-8-16/h4-8,17-18,21H,9-15H2,1-3H3. The molecule has 21 heavy (non-hydrogen) atoms. The minimum absolute atomic E-state index is 0.256. The first kappa shape index (κ1) is 16.5. The van der Waals surface area contributed by atoms with Crippen molar-refractivity contribution < 1.29 is 5.11 Å². The van der Waals surface area contributed by atoms with Gasteiger partial charge in [0.25, 0.3) is 0 Å². The molecule has 1 aromatic carbocycles. The van der Waals surface area contributed by atoms with Crippen molar-refractivity contribution in [3.63, 3.8) is 0 Å². The Balaban J connectivity index is 1.94. The van der Waals surface area contributed by atoms with E-state index in [-0.39, 0.29) is 6.61 Å². The summed E-state index contributed by atoms with van der Waals surface area (Å²) < 4.78 is 0. The van der Waals surface area contributed by atoms with Crippen LogP contribution in [0.3, 0.4) is 0 Å². The first-order chi connectivity index (χ1) is 10.0. The maximum absolute atomic E-state index is 9.38. The van der Waals surface area contributed by atoms with Gasteiger partial charge in [-0.25, -0.2) is 0 Å². The highest BCUT2D eigenvalue weighted by Crippen LogP contribution is 2.39. The van der Waals surface area contributed by atoms with E-state index in [1.807, 2.05) is 0 Å². The third-order valence-corrected chi connectivity index (χ3v) is 5.05. The van der Waals surface area contributed by atoms with E-state index >= 15 is 0 Å². The molecule has 0 bridgehead atoms. The van der Waals surface area contributed by atoms with E-state index in [9.17, 15) is 5.11 Å². The number of rotatable bonds is 5. The summed E-state index contributed by atoms with van der Waals surface area (Å²) in [5.41, 5.74) is 1.79. The minimum Gasteiger partial charge on any atom is -0.395 e. The lowest BCUT2D eigenvalue weighted by molar-refractivity contribution is 0.0771. The number of hydrogen-bond acceptors (Lipinski definition) is 2. The predicted molar refractivity (Wildman–Crippen MR) is 89.1 cm³/mol. The van der Waals surface area contributed by atoms with Gasteiger partial charge in [-0.2, -0.15) is 0 Å². The average Bonchev–Trinajstić information content (AvgIpc) is 2.47. The second kappa shape index (κ2) is 7.42. The molecule has 0 aromatic heterocycles. The van der Waals surface area contributed by atoms with Gasteiger partial charge in [0.2, 0.25) is 0 Å². The normalized spacial score (nSPS) is 23.5. The number of nitrogens with zero attached hydrogens (tertiary/aromatic N) is 1. The second-order valence-corrected chi connectivity index (χ2v) is 7.55. The molecule has 0 saturated heterocycles. The molecule has 0 unspecified atom stereocenters. The zero-order chi connectivity index (χ0) is 15.3. The zero-order valence-electron chi connectivity index (χ0n) is 13.9. The Kier molecular flexibility index (Phi) is 5.83. The Morgan fingerprint density at radius 3 is 2.19 bits per heavy atom. The molecule has 1 saturated carbocycles. The van der Waals surface area contributed by atoms with Gasteiger partial charge < -0.3 is 5.11 Å². The summed E-state index contributed by atoms with van der Waals surface area (Å²) in [4.78, 5) is 2.48. The summed E-state index contributed by atoms with van der Waals surface area (Å²) in [6, 6.07) is 11.3. The van der Waals surface area contributed by atoms with Gasteiger partial charge in [-0.1, -0.05) is 51.1 Å². The molecule has 1 fully saturated rings. The second-order valence-electron chi connectivity index (χ2n) is 7.55. The van der Waals surface area contributed by atoms with E-state index in [1.165, 1.54) is 31.2 Å². The minimum atomic E-state index is 0.256. The Labute approximate surface area is 130 Å². The lowest BCUT2D eigenvalue weighted by atomic mass is 9.71. The van der Waals surface area contributed by atoms with Gasteiger partial charge in [-0.05, 0) is 42.6 Å². The van der Waals surface area contributed by atoms with Gasteiger partial charge in [0.05, 0.1) is 6.61 Å². The molecular formula is C19H31NO. The SMILES string of the molecule is CC(C)(C)C1CCC(N(CCO)Cc2ccccc2)CC1. The highest BCUT2D eigenvalue weighted by molar-refractivity contribution is 5.14. The Morgan fingerprint density at radius 1 is 1.05 bits per heavy atom. The van der Waals surface area contributed by atoms with Crippen LogP contribution in [-0.2, 0) is 6.54 Å². The lowest BCUT2D eigenvalue weighted by Gasteiger charge is -2.41. The first-order valence-electron chi connectivity index (χ1n) is 8.39. The third-order valence-electron chi connectivity index (χ3n) is 5.05. The van der Waals surface area contributed by atoms with E-state index in [0.717, 1.165) is 19.0 Å². The smallest absolute Gasteiger partial charge is 0.0558 e. The fraction of sp³-hybridized carbons (Fsp3) is 0.684. The molecule has 0 aliphatic heterocycles. The number of aliphatic hydroxyl groups excluding tert-OH is 1. The number of hydrogen-bond donors (Lipinski definition) is 1. The monoisotopic (exact) mass is 289 g/mol. The van der Waals surface area contributed by atoms with Gasteiger partial charge in [-0.3, -0.25) is 4.90 Å². The van der Waals surface area contributed by atoms with Gasteiger partial charge >= 0.3 is 0 Å². The van der Waals surface area contributed by atoms with E-state index in [4.69, 9.17) is 0 Å². The summed E-state index contributed by atoms with van der Waals surface area (Å²) in [6.07, 6.45) is 5.19. The van der Waals surface area contributed by atoms with Crippen molar-refractivity contribution >= 4 is 0 Å². The molecule has 1 N–H and O–H groups in total. The van der Waals surface area contributed by atoms with Crippen molar-refractivity contribution in [1.29, 1.82) is 0 Å². The Bertz CT molecular complexity index is 401. The van der Waals surface area contributed by atoms with Crippen molar-refractivity contribution in [2.45, 2.75) is 59.0 Å². The molecule has 2 heteroatoms. The van der Waals surface area contributed by atoms with Crippen molar-refractivity contribution in [3.8, 4) is 0 Å². The Hall–Kier alpha value is -0.860. The van der Waals surface area contributed by atoms with E-state index in [1.54, 1.807) is 0 Å². The summed E-state index contributed by atoms with van der Waals surface area (Å²) in [7, 11) is 0. The molecule has 1 aliphatic carbocycles. The number of aliphatic hydroxyl groups is 1. The maximum Gasteiger partial charge on any atom is 0.0558 e. The van der Waals surface area contributed by atoms with Gasteiger partial charge in [-0.15, -0.1) is 0 Å². The van der Waals surface area contributed by atoms with Gasteiger partial charge in [0.15, 0.2) is 0 Å². The average molecular weight is 289 g/mol. The molecular weight excluding hydrogens is 258 g/mol. The fourth-order valence-corrected chi connectivity index (χ4v) is 3.64. The van der Waals surface area contributed by atoms with E-state index < -0.39 is 0 Å². The van der Waals surface area contributed by atoms with Crippen LogP contribution in [0.4, 0.5) is 0 Å². The molecule has 0 heterocycles. The zero-order valence-corrected chi connectivity index (χ0v) is 13.9. The quantitative estimate of drug-likeness (QED) is 0.882. The molecule has 0 spiro atoms. The van der Waals surface area contributed by atoms with Gasteiger partial charge in [0, 0.05) is 19.1 Å². The van der Waals surface area contributed by atoms with Crippen LogP contribution in [0.25, 0.3) is 0 Å². The molecule has 0 atom stereocenters. The van der Waals surface area contributed by atoms with Crippen LogP contribution in [0, 0.1) is 11.3 Å². The molecule has 1 aliphatic rings. The molecule has 2 nitrogen and oxygen atoms in total. The Morgan fingerprint density at radius 2 is 1.67 bits per heavy atom. The van der Waals surface area contributed by atoms with Crippen molar-refractivity contribution in [2.75, 3.05) is 13.2 Å². The topological polar surface area (TPSA) is 23.5 Å². The predicted octanol–water partition coefficient (Wildman–Crippen LogP) is 4.09. The molecule has 0 radical (unpaired) electrons. The van der Waals surface area contributed by atoms with Crippen LogP contribution in [-0.4, -0.2) is 29.2 Å². The summed E-state index contributed by atoms with van der Waals surface area (Å²) in [5, 5.41) is 9.38. The fourth-order valence-electron chi connectivity index (χ4n) is 3.64. The van der Waals surface area contributed by atoms with Crippen LogP contribution >= 0.6 is 0 Å². The lowest BCUT2D eigenvalue weighted by Crippen LogP contribution is -2.40. The van der Waals surface area contributed by atoms with Crippen LogP contribution in [0.1, 0.15) is 52.0 Å². The van der Waals surface area contributed by atoms with Crippen LogP contribution < -0.4 is 0 Å². The molecule has 1 aromatic rings. The number of benzene rings is 1. The summed E-state index contributed by atoms with van der Waals surface area (Å²) in [5.74, 6) is 0.849. The van der Waals surface area contributed by atoms with Crippen molar-refractivity contribution in [1.82, 2.24) is 4.90 Å². The van der Waals surface area contributed by atoms with Crippen molar-refractivity contribution in [2.24, 2.45) is 11.3 Å².